The maximum Gasteiger partial charge on any atom is 0.231 e. The summed E-state index contributed by atoms with van der Waals surface area (Å²) in [5.74, 6) is 0.114. The van der Waals surface area contributed by atoms with Gasteiger partial charge in [-0.2, -0.15) is 0 Å². The van der Waals surface area contributed by atoms with Crippen molar-refractivity contribution < 1.29 is 9.18 Å². The number of nitrogens with zero attached hydrogens (tertiary/aromatic N) is 3. The standard InChI is InChI=1S/C20H22FN3OS/c1-2-9-24-10-7-20(19(24)25)14-23(12-15-3-5-16(21)6-4-15)13-17(20)18-22-8-11-26-18/h2-6,8,11,17H,1,7,9-10,12-14H2/t17-,20-/m1/s1. The third-order valence-electron chi connectivity index (χ3n) is 5.57. The summed E-state index contributed by atoms with van der Waals surface area (Å²) >= 11 is 1.63. The zero-order valence-corrected chi connectivity index (χ0v) is 15.4. The van der Waals surface area contributed by atoms with E-state index < -0.39 is 5.41 Å². The topological polar surface area (TPSA) is 36.4 Å². The first-order valence-corrected chi connectivity index (χ1v) is 9.77. The average Bonchev–Trinajstić information content (AvgIpc) is 3.34. The number of hydrogen-bond acceptors (Lipinski definition) is 4. The first-order chi connectivity index (χ1) is 12.6. The monoisotopic (exact) mass is 371 g/mol. The first-order valence-electron chi connectivity index (χ1n) is 8.89. The van der Waals surface area contributed by atoms with Crippen LogP contribution in [0.3, 0.4) is 0 Å². The molecule has 3 heterocycles. The van der Waals surface area contributed by atoms with Gasteiger partial charge in [0.05, 0.1) is 10.4 Å². The molecule has 0 saturated carbocycles. The van der Waals surface area contributed by atoms with Crippen LogP contribution in [0.15, 0.2) is 48.5 Å². The summed E-state index contributed by atoms with van der Waals surface area (Å²) < 4.78 is 13.2. The molecule has 2 fully saturated rings. The van der Waals surface area contributed by atoms with Gasteiger partial charge in [0.25, 0.3) is 0 Å². The Morgan fingerprint density at radius 1 is 1.38 bits per heavy atom. The summed E-state index contributed by atoms with van der Waals surface area (Å²) in [6.45, 7) is 7.40. The van der Waals surface area contributed by atoms with Gasteiger partial charge in [0.2, 0.25) is 5.91 Å². The van der Waals surface area contributed by atoms with Crippen LogP contribution in [-0.2, 0) is 11.3 Å². The van der Waals surface area contributed by atoms with E-state index in [4.69, 9.17) is 0 Å². The van der Waals surface area contributed by atoms with Gasteiger partial charge in [0, 0.05) is 50.2 Å². The summed E-state index contributed by atoms with van der Waals surface area (Å²) in [4.78, 5) is 22.0. The molecular formula is C20H22FN3OS. The van der Waals surface area contributed by atoms with Gasteiger partial charge in [-0.25, -0.2) is 9.37 Å². The van der Waals surface area contributed by atoms with Gasteiger partial charge in [-0.05, 0) is 24.1 Å². The predicted molar refractivity (Wildman–Crippen MR) is 100 cm³/mol. The summed E-state index contributed by atoms with van der Waals surface area (Å²) in [7, 11) is 0. The van der Waals surface area contributed by atoms with E-state index in [1.807, 2.05) is 28.6 Å². The fourth-order valence-corrected chi connectivity index (χ4v) is 5.20. The first kappa shape index (κ1) is 17.4. The highest BCUT2D eigenvalue weighted by Crippen LogP contribution is 2.50. The molecule has 0 unspecified atom stereocenters. The Kier molecular flexibility index (Phi) is 4.63. The molecule has 26 heavy (non-hydrogen) atoms. The van der Waals surface area contributed by atoms with Crippen LogP contribution in [0.4, 0.5) is 4.39 Å². The van der Waals surface area contributed by atoms with E-state index in [1.165, 1.54) is 12.1 Å². The molecule has 4 nitrogen and oxygen atoms in total. The Morgan fingerprint density at radius 3 is 2.88 bits per heavy atom. The van der Waals surface area contributed by atoms with E-state index in [9.17, 15) is 9.18 Å². The van der Waals surface area contributed by atoms with Crippen LogP contribution < -0.4 is 0 Å². The van der Waals surface area contributed by atoms with Crippen LogP contribution in [-0.4, -0.2) is 46.9 Å². The number of hydrogen-bond donors (Lipinski definition) is 0. The van der Waals surface area contributed by atoms with E-state index in [2.05, 4.69) is 16.5 Å². The fourth-order valence-electron chi connectivity index (χ4n) is 4.35. The summed E-state index contributed by atoms with van der Waals surface area (Å²) in [5, 5.41) is 3.02. The molecule has 1 spiro atoms. The third kappa shape index (κ3) is 2.97. The number of likely N-dealkylation sites (tertiary alicyclic amines) is 2. The molecular weight excluding hydrogens is 349 g/mol. The number of carbonyl (C=O) groups excluding carboxylic acids is 1. The van der Waals surface area contributed by atoms with E-state index >= 15 is 0 Å². The lowest BCUT2D eigenvalue weighted by Gasteiger charge is -2.27. The fraction of sp³-hybridized carbons (Fsp3) is 0.400. The lowest BCUT2D eigenvalue weighted by atomic mass is 9.77. The normalized spacial score (nSPS) is 26.1. The Bertz CT molecular complexity index is 792. The lowest BCUT2D eigenvalue weighted by molar-refractivity contribution is -0.135. The maximum atomic E-state index is 13.2. The molecule has 2 aliphatic heterocycles. The zero-order valence-electron chi connectivity index (χ0n) is 14.6. The predicted octanol–water partition coefficient (Wildman–Crippen LogP) is 3.29. The number of amides is 1. The number of benzene rings is 1. The number of halogens is 1. The molecule has 2 saturated heterocycles. The molecule has 4 rings (SSSR count). The van der Waals surface area contributed by atoms with Crippen LogP contribution in [0.5, 0.6) is 0 Å². The largest absolute Gasteiger partial charge is 0.338 e. The van der Waals surface area contributed by atoms with Crippen molar-refractivity contribution >= 4 is 17.2 Å². The van der Waals surface area contributed by atoms with Gasteiger partial charge in [-0.15, -0.1) is 17.9 Å². The smallest absolute Gasteiger partial charge is 0.231 e. The molecule has 0 aliphatic carbocycles. The summed E-state index contributed by atoms with van der Waals surface area (Å²) in [6, 6.07) is 6.62. The van der Waals surface area contributed by atoms with Crippen molar-refractivity contribution in [3.8, 4) is 0 Å². The second-order valence-corrected chi connectivity index (χ2v) is 8.09. The van der Waals surface area contributed by atoms with Crippen LogP contribution in [0.2, 0.25) is 0 Å². The molecule has 136 valence electrons. The van der Waals surface area contributed by atoms with Crippen molar-refractivity contribution in [2.75, 3.05) is 26.2 Å². The Hall–Kier alpha value is -2.05. The summed E-state index contributed by atoms with van der Waals surface area (Å²) in [6.07, 6.45) is 4.46. The summed E-state index contributed by atoms with van der Waals surface area (Å²) in [5.41, 5.74) is 0.663. The van der Waals surface area contributed by atoms with Crippen LogP contribution >= 0.6 is 11.3 Å². The molecule has 1 aromatic heterocycles. The number of rotatable bonds is 5. The van der Waals surface area contributed by atoms with E-state index in [-0.39, 0.29) is 17.6 Å². The third-order valence-corrected chi connectivity index (χ3v) is 6.46. The van der Waals surface area contributed by atoms with Crippen molar-refractivity contribution in [3.63, 3.8) is 0 Å². The molecule has 0 radical (unpaired) electrons. The minimum atomic E-state index is -0.402. The lowest BCUT2D eigenvalue weighted by Crippen LogP contribution is -2.39. The van der Waals surface area contributed by atoms with Gasteiger partial charge in [0.1, 0.15) is 5.82 Å². The molecule has 2 aliphatic rings. The zero-order chi connectivity index (χ0) is 18.1. The Labute approximate surface area is 157 Å². The van der Waals surface area contributed by atoms with Crippen LogP contribution in [0.1, 0.15) is 22.9 Å². The molecule has 1 amide bonds. The van der Waals surface area contributed by atoms with Crippen LogP contribution in [0.25, 0.3) is 0 Å². The number of thiazole rings is 1. The molecule has 0 N–H and O–H groups in total. The highest BCUT2D eigenvalue weighted by molar-refractivity contribution is 7.09. The van der Waals surface area contributed by atoms with Crippen molar-refractivity contribution in [3.05, 3.63) is 64.9 Å². The second-order valence-electron chi connectivity index (χ2n) is 7.16. The van der Waals surface area contributed by atoms with Crippen molar-refractivity contribution in [1.82, 2.24) is 14.8 Å². The quantitative estimate of drug-likeness (QED) is 0.757. The number of carbonyl (C=O) groups is 1. The molecule has 6 heteroatoms. The highest BCUT2D eigenvalue weighted by atomic mass is 32.1. The highest BCUT2D eigenvalue weighted by Gasteiger charge is 2.57. The van der Waals surface area contributed by atoms with Gasteiger partial charge < -0.3 is 4.90 Å². The minimum Gasteiger partial charge on any atom is -0.338 e. The van der Waals surface area contributed by atoms with Gasteiger partial charge in [0.15, 0.2) is 0 Å². The van der Waals surface area contributed by atoms with Gasteiger partial charge in [-0.1, -0.05) is 18.2 Å². The molecule has 0 bridgehead atoms. The average molecular weight is 371 g/mol. The molecule has 1 aromatic carbocycles. The molecule has 2 atom stereocenters. The van der Waals surface area contributed by atoms with E-state index in [1.54, 1.807) is 17.4 Å². The Balaban J connectivity index is 1.60. The van der Waals surface area contributed by atoms with Gasteiger partial charge >= 0.3 is 0 Å². The van der Waals surface area contributed by atoms with E-state index in [0.717, 1.165) is 43.2 Å². The van der Waals surface area contributed by atoms with E-state index in [0.29, 0.717) is 6.54 Å². The van der Waals surface area contributed by atoms with Gasteiger partial charge in [-0.3, -0.25) is 9.69 Å². The number of aromatic nitrogens is 1. The van der Waals surface area contributed by atoms with Crippen molar-refractivity contribution in [2.24, 2.45) is 5.41 Å². The second kappa shape index (κ2) is 6.93. The minimum absolute atomic E-state index is 0.116. The Morgan fingerprint density at radius 2 is 2.19 bits per heavy atom. The van der Waals surface area contributed by atoms with Crippen molar-refractivity contribution in [1.29, 1.82) is 0 Å². The SMILES string of the molecule is C=CCN1CC[C@]2(CN(Cc3ccc(F)cc3)C[C@@H]2c2nccs2)C1=O. The molecule has 2 aromatic rings. The van der Waals surface area contributed by atoms with Crippen LogP contribution in [0, 0.1) is 11.2 Å². The van der Waals surface area contributed by atoms with Crippen molar-refractivity contribution in [2.45, 2.75) is 18.9 Å². The maximum absolute atomic E-state index is 13.2.